The van der Waals surface area contributed by atoms with Crippen molar-refractivity contribution < 1.29 is 33.6 Å². The molecule has 0 bridgehead atoms. The highest BCUT2D eigenvalue weighted by Crippen LogP contribution is 2.13. The Kier molecular flexibility index (Phi) is 42.1. The van der Waals surface area contributed by atoms with Crippen molar-refractivity contribution in [3.8, 4) is 0 Å². The van der Waals surface area contributed by atoms with Crippen molar-refractivity contribution >= 4 is 11.9 Å². The van der Waals surface area contributed by atoms with E-state index in [0.29, 0.717) is 58.7 Å². The Morgan fingerprint density at radius 2 is 1.02 bits per heavy atom. The number of carbonyl (C=O) groups excluding carboxylic acids is 2. The van der Waals surface area contributed by atoms with Gasteiger partial charge in [-0.2, -0.15) is 0 Å². The molecule has 0 aromatic carbocycles. The van der Waals surface area contributed by atoms with Crippen LogP contribution in [0, 0.1) is 0 Å². The molecule has 0 aliphatic heterocycles. The summed E-state index contributed by atoms with van der Waals surface area (Å²) < 4.78 is 23.0. The minimum Gasteiger partial charge on any atom is -0.466 e. The van der Waals surface area contributed by atoms with Crippen LogP contribution in [0.25, 0.3) is 0 Å². The maximum Gasteiger partial charge on any atom is 0.306 e. The molecule has 0 amide bonds. The number of nitrogens with zero attached hydrogens (tertiary/aromatic N) is 1. The number of allylic oxidation sites excluding steroid dienone is 5. The lowest BCUT2D eigenvalue weighted by atomic mass is 10.1. The van der Waals surface area contributed by atoms with Crippen LogP contribution in [0.15, 0.2) is 36.5 Å². The summed E-state index contributed by atoms with van der Waals surface area (Å²) in [6.07, 6.45) is 39.1. The molecule has 8 heteroatoms. The monoisotopic (exact) mass is 764 g/mol. The number of rotatable bonds is 42. The minimum absolute atomic E-state index is 0.0944. The first kappa shape index (κ1) is 52.0. The van der Waals surface area contributed by atoms with Crippen LogP contribution < -0.4 is 0 Å². The van der Waals surface area contributed by atoms with Gasteiger partial charge in [-0.1, -0.05) is 109 Å². The lowest BCUT2D eigenvalue weighted by molar-refractivity contribution is -0.152. The summed E-state index contributed by atoms with van der Waals surface area (Å²) in [7, 11) is 0. The van der Waals surface area contributed by atoms with E-state index in [1.807, 2.05) is 6.08 Å². The number of hydrogen-bond acceptors (Lipinski definition) is 8. The standard InChI is InChI=1S/C46H85NO7/c1-4-7-10-13-16-23-28-40-51-44(49)33-25-18-17-19-26-36-47(38-39-48)37-27-20-24-29-41-52-45(50)34-32-35-46(53-42-30-21-14-11-8-5-2)54-43-31-22-15-12-9-6-3/h8-9,11-12,23,28,46,48H,4-7,10,13-22,24-27,29-43H2,1-3H3/b11-8-,12-9-,28-23-. The van der Waals surface area contributed by atoms with Gasteiger partial charge in [0.05, 0.1) is 13.2 Å². The molecule has 316 valence electrons. The maximum atomic E-state index is 12.4. The number of ether oxygens (including phenoxy) is 4. The SMILES string of the molecule is CC/C=C\CCCCOC(CCCC(=O)OCCCCCCN(CCO)CCCCCCCC(=O)OC/C=C\CCCCCC)OCCCC/C=C\CC. The summed E-state index contributed by atoms with van der Waals surface area (Å²) in [4.78, 5) is 26.7. The number of esters is 2. The molecule has 0 unspecified atom stereocenters. The van der Waals surface area contributed by atoms with E-state index < -0.39 is 0 Å². The van der Waals surface area contributed by atoms with Gasteiger partial charge in [0.2, 0.25) is 0 Å². The minimum atomic E-state index is -0.259. The summed E-state index contributed by atoms with van der Waals surface area (Å²) in [5.41, 5.74) is 0. The zero-order valence-corrected chi connectivity index (χ0v) is 35.4. The zero-order chi connectivity index (χ0) is 39.4. The summed E-state index contributed by atoms with van der Waals surface area (Å²) >= 11 is 0. The first-order valence-corrected chi connectivity index (χ1v) is 22.4. The molecule has 1 N–H and O–H groups in total. The molecule has 54 heavy (non-hydrogen) atoms. The van der Waals surface area contributed by atoms with Gasteiger partial charge in [-0.3, -0.25) is 9.59 Å². The third-order valence-corrected chi connectivity index (χ3v) is 9.40. The van der Waals surface area contributed by atoms with E-state index in [9.17, 15) is 14.7 Å². The van der Waals surface area contributed by atoms with Crippen LogP contribution in [0.4, 0.5) is 0 Å². The van der Waals surface area contributed by atoms with Gasteiger partial charge in [-0.25, -0.2) is 0 Å². The van der Waals surface area contributed by atoms with Gasteiger partial charge in [0.15, 0.2) is 6.29 Å². The van der Waals surface area contributed by atoms with Crippen molar-refractivity contribution in [1.29, 1.82) is 0 Å². The van der Waals surface area contributed by atoms with E-state index in [4.69, 9.17) is 18.9 Å². The number of aliphatic hydroxyl groups is 1. The second-order valence-electron chi connectivity index (χ2n) is 14.5. The molecule has 0 radical (unpaired) electrons. The molecule has 0 spiro atoms. The smallest absolute Gasteiger partial charge is 0.306 e. The fraction of sp³-hybridized carbons (Fsp3) is 0.826. The Balaban J connectivity index is 3.98. The predicted octanol–water partition coefficient (Wildman–Crippen LogP) is 11.6. The molecule has 0 rings (SSSR count). The van der Waals surface area contributed by atoms with E-state index in [1.165, 1.54) is 25.7 Å². The van der Waals surface area contributed by atoms with Crippen molar-refractivity contribution in [3.63, 3.8) is 0 Å². The molecular formula is C46H85NO7. The van der Waals surface area contributed by atoms with Gasteiger partial charge < -0.3 is 29.0 Å². The topological polar surface area (TPSA) is 94.5 Å². The van der Waals surface area contributed by atoms with Gasteiger partial charge >= 0.3 is 11.9 Å². The molecule has 0 heterocycles. The zero-order valence-electron chi connectivity index (χ0n) is 35.4. The van der Waals surface area contributed by atoms with E-state index in [1.54, 1.807) is 0 Å². The van der Waals surface area contributed by atoms with Crippen LogP contribution in [0.1, 0.15) is 188 Å². The first-order chi connectivity index (χ1) is 26.6. The Morgan fingerprint density at radius 1 is 0.519 bits per heavy atom. The molecule has 0 fully saturated rings. The predicted molar refractivity (Wildman–Crippen MR) is 226 cm³/mol. The Hall–Kier alpha value is -2.00. The second kappa shape index (κ2) is 43.7. The lowest BCUT2D eigenvalue weighted by Crippen LogP contribution is -2.29. The molecule has 0 atom stereocenters. The van der Waals surface area contributed by atoms with Crippen molar-refractivity contribution in [2.75, 3.05) is 52.7 Å². The molecule has 0 aromatic rings. The normalized spacial score (nSPS) is 12.0. The average molecular weight is 764 g/mol. The Bertz CT molecular complexity index is 866. The summed E-state index contributed by atoms with van der Waals surface area (Å²) in [5, 5.41) is 9.52. The highest BCUT2D eigenvalue weighted by Gasteiger charge is 2.12. The quantitative estimate of drug-likeness (QED) is 0.0284. The Morgan fingerprint density at radius 3 is 1.63 bits per heavy atom. The van der Waals surface area contributed by atoms with Crippen molar-refractivity contribution in [1.82, 2.24) is 4.90 Å². The molecular weight excluding hydrogens is 679 g/mol. The van der Waals surface area contributed by atoms with E-state index in [2.05, 4.69) is 56.1 Å². The van der Waals surface area contributed by atoms with Crippen molar-refractivity contribution in [2.24, 2.45) is 0 Å². The second-order valence-corrected chi connectivity index (χ2v) is 14.5. The van der Waals surface area contributed by atoms with Gasteiger partial charge in [-0.15, -0.1) is 0 Å². The van der Waals surface area contributed by atoms with Crippen LogP contribution in [0.5, 0.6) is 0 Å². The average Bonchev–Trinajstić information content (AvgIpc) is 3.17. The molecule has 0 aliphatic carbocycles. The number of unbranched alkanes of at least 4 members (excludes halogenated alkanes) is 15. The fourth-order valence-corrected chi connectivity index (χ4v) is 6.10. The van der Waals surface area contributed by atoms with E-state index in [0.717, 1.165) is 129 Å². The largest absolute Gasteiger partial charge is 0.466 e. The van der Waals surface area contributed by atoms with Gasteiger partial charge in [0.25, 0.3) is 0 Å². The number of carbonyl (C=O) groups is 2. The van der Waals surface area contributed by atoms with Crippen LogP contribution in [-0.2, 0) is 28.5 Å². The molecule has 0 aromatic heterocycles. The maximum absolute atomic E-state index is 12.4. The summed E-state index contributed by atoms with van der Waals surface area (Å²) in [5.74, 6) is -0.229. The first-order valence-electron chi connectivity index (χ1n) is 22.4. The Labute approximate surface area is 332 Å². The number of aliphatic hydroxyl groups excluding tert-OH is 1. The summed E-state index contributed by atoms with van der Waals surface area (Å²) in [6.45, 7) is 11.6. The number of hydrogen-bond donors (Lipinski definition) is 1. The van der Waals surface area contributed by atoms with Crippen molar-refractivity contribution in [3.05, 3.63) is 36.5 Å². The van der Waals surface area contributed by atoms with Gasteiger partial charge in [0, 0.05) is 32.6 Å². The molecule has 0 saturated heterocycles. The summed E-state index contributed by atoms with van der Waals surface area (Å²) in [6, 6.07) is 0. The van der Waals surface area contributed by atoms with Crippen LogP contribution in [-0.4, -0.2) is 80.9 Å². The molecule has 0 aliphatic rings. The fourth-order valence-electron chi connectivity index (χ4n) is 6.10. The van der Waals surface area contributed by atoms with Gasteiger partial charge in [0.1, 0.15) is 6.61 Å². The van der Waals surface area contributed by atoms with Crippen LogP contribution >= 0.6 is 0 Å². The van der Waals surface area contributed by atoms with Crippen molar-refractivity contribution in [2.45, 2.75) is 194 Å². The van der Waals surface area contributed by atoms with E-state index >= 15 is 0 Å². The highest BCUT2D eigenvalue weighted by molar-refractivity contribution is 5.69. The molecule has 0 saturated carbocycles. The third kappa shape index (κ3) is 39.7. The van der Waals surface area contributed by atoms with Crippen LogP contribution in [0.3, 0.4) is 0 Å². The van der Waals surface area contributed by atoms with Crippen LogP contribution in [0.2, 0.25) is 0 Å². The third-order valence-electron chi connectivity index (χ3n) is 9.40. The molecule has 8 nitrogen and oxygen atoms in total. The van der Waals surface area contributed by atoms with E-state index in [-0.39, 0.29) is 24.8 Å². The lowest BCUT2D eigenvalue weighted by Gasteiger charge is -2.21. The van der Waals surface area contributed by atoms with Gasteiger partial charge in [-0.05, 0) is 116 Å². The highest BCUT2D eigenvalue weighted by atomic mass is 16.7.